The van der Waals surface area contributed by atoms with Crippen LogP contribution in [0, 0.1) is 34.0 Å². The zero-order valence-corrected chi connectivity index (χ0v) is 26.3. The molecule has 8 aromatic rings. The zero-order valence-electron chi connectivity index (χ0n) is 26.3. The largest absolute Gasteiger partial charge is 0.310 e. The molecule has 4 nitrogen and oxygen atoms in total. The normalized spacial score (nSPS) is 10.8. The first-order valence-corrected chi connectivity index (χ1v) is 15.9. The molecule has 0 fully saturated rings. The second-order valence-electron chi connectivity index (χ2n) is 12.1. The first kappa shape index (κ1) is 29.2. The zero-order chi connectivity index (χ0) is 33.3. The molecular formula is C45H26N4. The maximum absolute atomic E-state index is 9.41. The predicted octanol–water partition coefficient (Wildman–Crippen LogP) is 11.6. The number of anilines is 3. The van der Waals surface area contributed by atoms with Crippen molar-refractivity contribution in [2.75, 3.05) is 4.90 Å². The van der Waals surface area contributed by atoms with Gasteiger partial charge in [0.1, 0.15) is 0 Å². The van der Waals surface area contributed by atoms with Gasteiger partial charge in [-0.2, -0.15) is 15.8 Å². The molecule has 0 aliphatic heterocycles. The third-order valence-corrected chi connectivity index (χ3v) is 9.07. The van der Waals surface area contributed by atoms with Gasteiger partial charge in [0.2, 0.25) is 0 Å². The van der Waals surface area contributed by atoms with Crippen LogP contribution in [-0.4, -0.2) is 0 Å². The molecule has 0 saturated carbocycles. The van der Waals surface area contributed by atoms with Gasteiger partial charge in [-0.05, 0) is 140 Å². The fourth-order valence-electron chi connectivity index (χ4n) is 6.48. The van der Waals surface area contributed by atoms with E-state index >= 15 is 0 Å². The Morgan fingerprint density at radius 1 is 0.286 bits per heavy atom. The average molecular weight is 623 g/mol. The fraction of sp³-hybridized carbons (Fsp3) is 0. The van der Waals surface area contributed by atoms with Crippen LogP contribution in [0.5, 0.6) is 0 Å². The minimum absolute atomic E-state index is 0.640. The lowest BCUT2D eigenvalue weighted by Crippen LogP contribution is -2.09. The summed E-state index contributed by atoms with van der Waals surface area (Å²) in [6.07, 6.45) is 0. The topological polar surface area (TPSA) is 74.6 Å². The Labute approximate surface area is 284 Å². The third kappa shape index (κ3) is 5.60. The van der Waals surface area contributed by atoms with Crippen LogP contribution < -0.4 is 4.90 Å². The Balaban J connectivity index is 1.18. The third-order valence-electron chi connectivity index (χ3n) is 9.07. The number of hydrogen-bond acceptors (Lipinski definition) is 4. The Hall–Kier alpha value is -7.19. The molecule has 0 heterocycles. The van der Waals surface area contributed by atoms with Gasteiger partial charge in [-0.1, -0.05) is 72.8 Å². The molecule has 0 atom stereocenters. The summed E-state index contributed by atoms with van der Waals surface area (Å²) in [5.41, 5.74) is 9.42. The van der Waals surface area contributed by atoms with Crippen LogP contribution in [0.4, 0.5) is 17.1 Å². The number of benzene rings is 8. The SMILES string of the molecule is N#Cc1ccc2cc(-c3ccc(N(c4ccc(-c5ccc6cc(C#N)ccc6c5)cc4)c4ccc5cc(C#N)ccc5c4)cc3)ccc2c1. The highest BCUT2D eigenvalue weighted by Crippen LogP contribution is 2.38. The van der Waals surface area contributed by atoms with Crippen molar-refractivity contribution in [3.8, 4) is 40.5 Å². The smallest absolute Gasteiger partial charge is 0.0991 e. The lowest BCUT2D eigenvalue weighted by molar-refractivity contribution is 1.29. The summed E-state index contributed by atoms with van der Waals surface area (Å²) in [4.78, 5) is 2.25. The number of rotatable bonds is 5. The minimum atomic E-state index is 0.640. The molecule has 0 spiro atoms. The lowest BCUT2D eigenvalue weighted by atomic mass is 9.99. The van der Waals surface area contributed by atoms with Crippen LogP contribution in [0.1, 0.15) is 16.7 Å². The quantitative estimate of drug-likeness (QED) is 0.191. The predicted molar refractivity (Wildman–Crippen MR) is 199 cm³/mol. The summed E-state index contributed by atoms with van der Waals surface area (Å²) in [5.74, 6) is 0. The van der Waals surface area contributed by atoms with Crippen LogP contribution in [0.25, 0.3) is 54.6 Å². The molecular weight excluding hydrogens is 597 g/mol. The van der Waals surface area contributed by atoms with E-state index < -0.39 is 0 Å². The van der Waals surface area contributed by atoms with Gasteiger partial charge in [-0.3, -0.25) is 0 Å². The van der Waals surface area contributed by atoms with Crippen molar-refractivity contribution < 1.29 is 0 Å². The molecule has 0 saturated heterocycles. The monoisotopic (exact) mass is 622 g/mol. The van der Waals surface area contributed by atoms with Gasteiger partial charge >= 0.3 is 0 Å². The van der Waals surface area contributed by atoms with Gasteiger partial charge in [-0.15, -0.1) is 0 Å². The summed E-state index contributed by atoms with van der Waals surface area (Å²) in [7, 11) is 0. The highest BCUT2D eigenvalue weighted by Gasteiger charge is 2.15. The molecule has 226 valence electrons. The van der Waals surface area contributed by atoms with E-state index in [1.54, 1.807) is 0 Å². The Kier molecular flexibility index (Phi) is 7.28. The molecule has 4 heteroatoms. The van der Waals surface area contributed by atoms with E-state index in [9.17, 15) is 15.8 Å². The maximum Gasteiger partial charge on any atom is 0.0991 e. The average Bonchev–Trinajstić information content (AvgIpc) is 3.17. The Morgan fingerprint density at radius 2 is 0.592 bits per heavy atom. The van der Waals surface area contributed by atoms with E-state index in [1.165, 1.54) is 0 Å². The second-order valence-corrected chi connectivity index (χ2v) is 12.1. The number of hydrogen-bond donors (Lipinski definition) is 0. The van der Waals surface area contributed by atoms with E-state index in [1.807, 2.05) is 54.6 Å². The van der Waals surface area contributed by atoms with Crippen LogP contribution in [0.15, 0.2) is 158 Å². The van der Waals surface area contributed by atoms with E-state index in [0.717, 1.165) is 71.6 Å². The molecule has 0 amide bonds. The summed E-state index contributed by atoms with van der Waals surface area (Å²) >= 11 is 0. The summed E-state index contributed by atoms with van der Waals surface area (Å²) in [6.45, 7) is 0. The summed E-state index contributed by atoms with van der Waals surface area (Å²) < 4.78 is 0. The first-order chi connectivity index (χ1) is 24.1. The highest BCUT2D eigenvalue weighted by atomic mass is 15.1. The Morgan fingerprint density at radius 3 is 1.00 bits per heavy atom. The van der Waals surface area contributed by atoms with Gasteiger partial charge in [0, 0.05) is 17.1 Å². The Bertz CT molecular complexity index is 2550. The summed E-state index contributed by atoms with van der Waals surface area (Å²) in [5, 5.41) is 34.3. The first-order valence-electron chi connectivity index (χ1n) is 15.9. The van der Waals surface area contributed by atoms with Crippen LogP contribution in [0.2, 0.25) is 0 Å². The van der Waals surface area contributed by atoms with Crippen molar-refractivity contribution in [2.45, 2.75) is 0 Å². The second kappa shape index (κ2) is 12.2. The van der Waals surface area contributed by atoms with Gasteiger partial charge in [0.05, 0.1) is 34.9 Å². The molecule has 8 rings (SSSR count). The van der Waals surface area contributed by atoms with Crippen molar-refractivity contribution in [1.29, 1.82) is 15.8 Å². The maximum atomic E-state index is 9.41. The number of fused-ring (bicyclic) bond motifs is 3. The van der Waals surface area contributed by atoms with E-state index in [4.69, 9.17) is 0 Å². The van der Waals surface area contributed by atoms with Crippen molar-refractivity contribution in [2.24, 2.45) is 0 Å². The van der Waals surface area contributed by atoms with Crippen LogP contribution >= 0.6 is 0 Å². The van der Waals surface area contributed by atoms with E-state index in [0.29, 0.717) is 16.7 Å². The molecule has 8 aromatic carbocycles. The summed E-state index contributed by atoms with van der Waals surface area (Å²) in [6, 6.07) is 60.2. The minimum Gasteiger partial charge on any atom is -0.310 e. The highest BCUT2D eigenvalue weighted by molar-refractivity contribution is 5.92. The lowest BCUT2D eigenvalue weighted by Gasteiger charge is -2.26. The molecule has 0 unspecified atom stereocenters. The molecule has 0 aromatic heterocycles. The van der Waals surface area contributed by atoms with Gasteiger partial charge in [0.25, 0.3) is 0 Å². The molecule has 0 radical (unpaired) electrons. The van der Waals surface area contributed by atoms with Crippen molar-refractivity contribution in [1.82, 2.24) is 0 Å². The van der Waals surface area contributed by atoms with Crippen molar-refractivity contribution in [3.63, 3.8) is 0 Å². The van der Waals surface area contributed by atoms with Crippen molar-refractivity contribution >= 4 is 49.4 Å². The fourth-order valence-corrected chi connectivity index (χ4v) is 6.48. The molecule has 49 heavy (non-hydrogen) atoms. The van der Waals surface area contributed by atoms with Crippen LogP contribution in [-0.2, 0) is 0 Å². The molecule has 0 N–H and O–H groups in total. The van der Waals surface area contributed by atoms with Crippen molar-refractivity contribution in [3.05, 3.63) is 174 Å². The van der Waals surface area contributed by atoms with E-state index in [2.05, 4.69) is 126 Å². The number of nitrogens with zero attached hydrogens (tertiary/aromatic N) is 4. The molecule has 0 aliphatic rings. The standard InChI is InChI=1S/C45H26N4/c46-27-30-1-4-40-24-38(9-7-35(40)21-30)33-11-16-43(17-12-33)49(45-20-15-37-23-32(29-48)3-6-42(37)26-45)44-18-13-34(14-19-44)39-10-8-36-22-31(28-47)2-5-41(36)25-39/h1-26H. The number of nitriles is 3. The van der Waals surface area contributed by atoms with E-state index in [-0.39, 0.29) is 0 Å². The van der Waals surface area contributed by atoms with Gasteiger partial charge < -0.3 is 4.90 Å². The van der Waals surface area contributed by atoms with Crippen LogP contribution in [0.3, 0.4) is 0 Å². The van der Waals surface area contributed by atoms with Gasteiger partial charge in [-0.25, -0.2) is 0 Å². The molecule has 0 aliphatic carbocycles. The molecule has 0 bridgehead atoms. The van der Waals surface area contributed by atoms with Gasteiger partial charge in [0.15, 0.2) is 0 Å².